The zero-order chi connectivity index (χ0) is 13.7. The number of nitrogens with zero attached hydrogens (tertiary/aromatic N) is 3. The van der Waals surface area contributed by atoms with Crippen molar-refractivity contribution in [2.45, 2.75) is 0 Å². The zero-order valence-electron chi connectivity index (χ0n) is 10.7. The monoisotopic (exact) mass is 276 g/mol. The lowest BCUT2D eigenvalue weighted by Crippen LogP contribution is -2.51. The lowest BCUT2D eigenvalue weighted by Gasteiger charge is -2.36. The number of benzene rings is 1. The summed E-state index contributed by atoms with van der Waals surface area (Å²) < 4.78 is 0. The van der Waals surface area contributed by atoms with Crippen LogP contribution in [0.15, 0.2) is 29.3 Å². The Kier molecular flexibility index (Phi) is 4.53. The maximum atomic E-state index is 5.89. The van der Waals surface area contributed by atoms with Crippen molar-refractivity contribution < 1.29 is 0 Å². The summed E-state index contributed by atoms with van der Waals surface area (Å²) in [4.78, 5) is 8.49. The number of hydrogen-bond acceptors (Lipinski definition) is 2. The minimum Gasteiger partial charge on any atom is -0.370 e. The van der Waals surface area contributed by atoms with E-state index in [9.17, 15) is 0 Å². The van der Waals surface area contributed by atoms with E-state index >= 15 is 0 Å². The maximum Gasteiger partial charge on any atom is 0.192 e. The van der Waals surface area contributed by atoms with Crippen LogP contribution in [0.4, 0.5) is 5.69 Å². The van der Waals surface area contributed by atoms with Gasteiger partial charge in [0, 0.05) is 36.9 Å². The van der Waals surface area contributed by atoms with Crippen LogP contribution in [0, 0.1) is 12.3 Å². The largest absolute Gasteiger partial charge is 0.370 e. The van der Waals surface area contributed by atoms with Crippen molar-refractivity contribution in [1.82, 2.24) is 4.90 Å². The number of guanidine groups is 1. The first-order chi connectivity index (χ1) is 9.20. The van der Waals surface area contributed by atoms with Gasteiger partial charge in [0.05, 0.1) is 0 Å². The average Bonchev–Trinajstić information content (AvgIpc) is 2.46. The van der Waals surface area contributed by atoms with Crippen LogP contribution >= 0.6 is 11.6 Å². The Morgan fingerprint density at radius 2 is 1.89 bits per heavy atom. The van der Waals surface area contributed by atoms with Crippen LogP contribution in [0.1, 0.15) is 0 Å². The van der Waals surface area contributed by atoms with E-state index in [4.69, 9.17) is 23.8 Å². The number of aliphatic imine (C=N–C) groups is 1. The summed E-state index contributed by atoms with van der Waals surface area (Å²) >= 11 is 5.89. The van der Waals surface area contributed by atoms with Crippen LogP contribution in [-0.4, -0.2) is 43.6 Å². The first kappa shape index (κ1) is 13.6. The summed E-state index contributed by atoms with van der Waals surface area (Å²) in [6, 6.07) is 7.89. The summed E-state index contributed by atoms with van der Waals surface area (Å²) in [6.45, 7) is 3.86. The molecule has 1 aliphatic rings. The molecule has 5 heteroatoms. The molecular formula is C14H17ClN4. The molecule has 0 radical (unpaired) electrons. The molecule has 0 bridgehead atoms. The van der Waals surface area contributed by atoms with Crippen molar-refractivity contribution in [2.75, 3.05) is 37.6 Å². The molecule has 4 nitrogen and oxygen atoms in total. The molecule has 0 unspecified atom stereocenters. The minimum atomic E-state index is 0.337. The van der Waals surface area contributed by atoms with E-state index in [1.807, 2.05) is 24.3 Å². The number of anilines is 1. The molecule has 1 heterocycles. The first-order valence-corrected chi connectivity index (χ1v) is 6.57. The summed E-state index contributed by atoms with van der Waals surface area (Å²) in [7, 11) is 0. The van der Waals surface area contributed by atoms with Gasteiger partial charge < -0.3 is 15.5 Å². The topological polar surface area (TPSA) is 44.9 Å². The summed E-state index contributed by atoms with van der Waals surface area (Å²) in [5.74, 6) is 3.00. The van der Waals surface area contributed by atoms with E-state index in [1.165, 1.54) is 5.69 Å². The van der Waals surface area contributed by atoms with Crippen LogP contribution < -0.4 is 10.6 Å². The van der Waals surface area contributed by atoms with E-state index in [-0.39, 0.29) is 0 Å². The molecule has 0 aromatic heterocycles. The third kappa shape index (κ3) is 3.55. The smallest absolute Gasteiger partial charge is 0.192 e. The van der Waals surface area contributed by atoms with Gasteiger partial charge in [-0.2, -0.15) is 0 Å². The Morgan fingerprint density at radius 3 is 2.47 bits per heavy atom. The molecule has 0 amide bonds. The Hall–Kier alpha value is -1.86. The molecule has 2 rings (SSSR count). The van der Waals surface area contributed by atoms with Gasteiger partial charge in [-0.3, -0.25) is 0 Å². The summed E-state index contributed by atoms with van der Waals surface area (Å²) in [5, 5.41) is 0.757. The van der Waals surface area contributed by atoms with Crippen molar-refractivity contribution in [2.24, 2.45) is 10.7 Å². The van der Waals surface area contributed by atoms with Crippen LogP contribution in [-0.2, 0) is 0 Å². The van der Waals surface area contributed by atoms with Crippen molar-refractivity contribution in [3.05, 3.63) is 29.3 Å². The van der Waals surface area contributed by atoms with E-state index in [2.05, 4.69) is 20.7 Å². The molecule has 0 spiro atoms. The third-order valence-electron chi connectivity index (χ3n) is 3.13. The fourth-order valence-electron chi connectivity index (χ4n) is 2.07. The fraction of sp³-hybridized carbons (Fsp3) is 0.357. The van der Waals surface area contributed by atoms with Crippen molar-refractivity contribution in [3.63, 3.8) is 0 Å². The van der Waals surface area contributed by atoms with Crippen molar-refractivity contribution >= 4 is 23.2 Å². The fourth-order valence-corrected chi connectivity index (χ4v) is 2.20. The summed E-state index contributed by atoms with van der Waals surface area (Å²) in [5.41, 5.74) is 7.07. The predicted octanol–water partition coefficient (Wildman–Crippen LogP) is 1.41. The van der Waals surface area contributed by atoms with Crippen LogP contribution in [0.2, 0.25) is 5.02 Å². The number of rotatable bonds is 2. The van der Waals surface area contributed by atoms with Gasteiger partial charge in [-0.25, -0.2) is 4.99 Å². The molecule has 2 N–H and O–H groups in total. The predicted molar refractivity (Wildman–Crippen MR) is 80.6 cm³/mol. The van der Waals surface area contributed by atoms with Crippen LogP contribution in [0.3, 0.4) is 0 Å². The highest BCUT2D eigenvalue weighted by molar-refractivity contribution is 6.30. The van der Waals surface area contributed by atoms with E-state index in [1.54, 1.807) is 0 Å². The molecule has 1 aromatic rings. The second-order valence-electron chi connectivity index (χ2n) is 4.33. The molecule has 19 heavy (non-hydrogen) atoms. The Morgan fingerprint density at radius 1 is 1.26 bits per heavy atom. The second-order valence-corrected chi connectivity index (χ2v) is 4.77. The van der Waals surface area contributed by atoms with Gasteiger partial charge in [0.25, 0.3) is 0 Å². The maximum absolute atomic E-state index is 5.89. The highest BCUT2D eigenvalue weighted by Gasteiger charge is 2.18. The van der Waals surface area contributed by atoms with Crippen molar-refractivity contribution in [1.29, 1.82) is 0 Å². The first-order valence-electron chi connectivity index (χ1n) is 6.19. The molecule has 1 aromatic carbocycles. The molecule has 1 fully saturated rings. The number of nitrogens with two attached hydrogens (primary N) is 1. The van der Waals surface area contributed by atoms with E-state index in [0.717, 1.165) is 31.2 Å². The van der Waals surface area contributed by atoms with Gasteiger partial charge in [-0.1, -0.05) is 17.5 Å². The molecule has 100 valence electrons. The normalized spacial score (nSPS) is 16.3. The highest BCUT2D eigenvalue weighted by atomic mass is 35.5. The number of terminal acetylenes is 1. The minimum absolute atomic E-state index is 0.337. The Labute approximate surface area is 118 Å². The van der Waals surface area contributed by atoms with Crippen LogP contribution in [0.25, 0.3) is 0 Å². The second kappa shape index (κ2) is 6.35. The third-order valence-corrected chi connectivity index (χ3v) is 3.38. The number of halogens is 1. The van der Waals surface area contributed by atoms with Crippen molar-refractivity contribution in [3.8, 4) is 12.3 Å². The van der Waals surface area contributed by atoms with Gasteiger partial charge in [0.1, 0.15) is 6.54 Å². The molecular weight excluding hydrogens is 260 g/mol. The molecule has 0 aliphatic carbocycles. The highest BCUT2D eigenvalue weighted by Crippen LogP contribution is 2.19. The van der Waals surface area contributed by atoms with Gasteiger partial charge >= 0.3 is 0 Å². The summed E-state index contributed by atoms with van der Waals surface area (Å²) in [6.07, 6.45) is 5.17. The number of piperazine rings is 1. The van der Waals surface area contributed by atoms with E-state index in [0.29, 0.717) is 12.5 Å². The van der Waals surface area contributed by atoms with Gasteiger partial charge in [-0.15, -0.1) is 6.42 Å². The molecule has 0 atom stereocenters. The Bertz CT molecular complexity index is 481. The zero-order valence-corrected chi connectivity index (χ0v) is 11.5. The average molecular weight is 277 g/mol. The lowest BCUT2D eigenvalue weighted by molar-refractivity contribution is 0.381. The van der Waals surface area contributed by atoms with Gasteiger partial charge in [-0.05, 0) is 24.3 Å². The number of hydrogen-bond donors (Lipinski definition) is 1. The van der Waals surface area contributed by atoms with Gasteiger partial charge in [0.15, 0.2) is 5.96 Å². The Balaban J connectivity index is 1.92. The van der Waals surface area contributed by atoms with Crippen LogP contribution in [0.5, 0.6) is 0 Å². The van der Waals surface area contributed by atoms with E-state index < -0.39 is 0 Å². The quantitative estimate of drug-likeness (QED) is 0.505. The lowest BCUT2D eigenvalue weighted by atomic mass is 10.2. The molecule has 1 aliphatic heterocycles. The molecule has 1 saturated heterocycles. The standard InChI is InChI=1S/C14H17ClN4/c1-2-7-17-14(16)19-10-8-18(9-11-19)13-5-3-12(15)4-6-13/h1,3-6H,7-11H2,(H2,16,17). The van der Waals surface area contributed by atoms with Gasteiger partial charge in [0.2, 0.25) is 0 Å². The SMILES string of the molecule is C#CCN=C(N)N1CCN(c2ccc(Cl)cc2)CC1. The molecule has 0 saturated carbocycles.